The molecule has 0 aromatic heterocycles. The molecule has 0 fully saturated rings. The van der Waals surface area contributed by atoms with E-state index in [0.29, 0.717) is 0 Å². The van der Waals surface area contributed by atoms with Crippen LogP contribution in [-0.2, 0) is 12.7 Å². The Morgan fingerprint density at radius 2 is 1.71 bits per heavy atom. The lowest BCUT2D eigenvalue weighted by Gasteiger charge is -2.06. The molecule has 0 atom stereocenters. The molecule has 0 saturated carbocycles. The van der Waals surface area contributed by atoms with E-state index < -0.39 is 11.7 Å². The quantitative estimate of drug-likeness (QED) is 0.773. The van der Waals surface area contributed by atoms with Crippen molar-refractivity contribution in [3.63, 3.8) is 0 Å². The monoisotopic (exact) mass is 204 g/mol. The van der Waals surface area contributed by atoms with Gasteiger partial charge in [0, 0.05) is 5.56 Å². The van der Waals surface area contributed by atoms with Gasteiger partial charge in [0.2, 0.25) is 0 Å². The van der Waals surface area contributed by atoms with Crippen LogP contribution in [0.3, 0.4) is 0 Å². The van der Waals surface area contributed by atoms with Gasteiger partial charge in [-0.25, -0.2) is 0 Å². The molecule has 4 heteroatoms. The first-order chi connectivity index (χ1) is 6.54. The third-order valence-corrected chi connectivity index (χ3v) is 1.95. The van der Waals surface area contributed by atoms with Crippen molar-refractivity contribution in [3.8, 4) is 0 Å². The molecule has 0 radical (unpaired) electrons. The fraction of sp³-hybridized carbons (Fsp3) is 0.400. The number of halogens is 3. The fourth-order valence-corrected chi connectivity index (χ4v) is 1.14. The summed E-state index contributed by atoms with van der Waals surface area (Å²) in [5, 5.41) is 2.03. The summed E-state index contributed by atoms with van der Waals surface area (Å²) in [5.74, 6) is 0. The third kappa shape index (κ3) is 3.03. The first-order valence-electron chi connectivity index (χ1n) is 4.52. The Kier molecular flexibility index (Phi) is 3.52. The Morgan fingerprint density at radius 3 is 2.14 bits per heavy atom. The minimum atomic E-state index is -4.23. The lowest BCUT2D eigenvalue weighted by molar-refractivity contribution is -0.667. The van der Waals surface area contributed by atoms with E-state index in [1.165, 1.54) is 12.1 Å². The van der Waals surface area contributed by atoms with Gasteiger partial charge in [0.1, 0.15) is 6.54 Å². The summed E-state index contributed by atoms with van der Waals surface area (Å²) in [6, 6.07) is 5.29. The first-order valence-corrected chi connectivity index (χ1v) is 4.52. The normalized spacial score (nSPS) is 11.7. The van der Waals surface area contributed by atoms with Crippen molar-refractivity contribution in [3.05, 3.63) is 35.4 Å². The second kappa shape index (κ2) is 4.46. The van der Waals surface area contributed by atoms with Crippen LogP contribution in [0.1, 0.15) is 18.1 Å². The predicted molar refractivity (Wildman–Crippen MR) is 47.6 cm³/mol. The van der Waals surface area contributed by atoms with Crippen molar-refractivity contribution in [2.45, 2.75) is 19.6 Å². The van der Waals surface area contributed by atoms with E-state index in [-0.39, 0.29) is 0 Å². The van der Waals surface area contributed by atoms with Gasteiger partial charge in [0.15, 0.2) is 0 Å². The van der Waals surface area contributed by atoms with Crippen LogP contribution in [0.25, 0.3) is 0 Å². The zero-order chi connectivity index (χ0) is 10.6. The van der Waals surface area contributed by atoms with E-state index in [1.54, 1.807) is 0 Å². The van der Waals surface area contributed by atoms with E-state index in [4.69, 9.17) is 0 Å². The molecule has 1 aromatic carbocycles. The molecule has 0 amide bonds. The number of alkyl halides is 3. The summed E-state index contributed by atoms with van der Waals surface area (Å²) in [5.41, 5.74) is 0.331. The Morgan fingerprint density at radius 1 is 1.14 bits per heavy atom. The molecule has 0 heterocycles. The number of hydrogen-bond donors (Lipinski definition) is 1. The van der Waals surface area contributed by atoms with Gasteiger partial charge in [0.25, 0.3) is 0 Å². The smallest absolute Gasteiger partial charge is 0.343 e. The third-order valence-electron chi connectivity index (χ3n) is 1.95. The Hall–Kier alpha value is -1.03. The maximum Gasteiger partial charge on any atom is 0.416 e. The summed E-state index contributed by atoms with van der Waals surface area (Å²) >= 11 is 0. The topological polar surface area (TPSA) is 16.6 Å². The molecule has 0 spiro atoms. The molecule has 0 aliphatic carbocycles. The van der Waals surface area contributed by atoms with Gasteiger partial charge in [-0.15, -0.1) is 0 Å². The van der Waals surface area contributed by atoms with Crippen LogP contribution in [-0.4, -0.2) is 6.54 Å². The average Bonchev–Trinajstić information content (AvgIpc) is 2.14. The number of rotatable bonds is 3. The standard InChI is InChI=1S/C10H12F3N/c1-2-14-7-8-3-5-9(6-4-8)10(11,12)13/h3-6,14H,2,7H2,1H3/p+1. The fourth-order valence-electron chi connectivity index (χ4n) is 1.14. The highest BCUT2D eigenvalue weighted by molar-refractivity contribution is 5.23. The molecule has 0 saturated heterocycles. The van der Waals surface area contributed by atoms with E-state index in [9.17, 15) is 13.2 Å². The lowest BCUT2D eigenvalue weighted by atomic mass is 10.1. The molecular formula is C10H13F3N+. The molecular weight excluding hydrogens is 191 g/mol. The van der Waals surface area contributed by atoms with Crippen LogP contribution < -0.4 is 5.32 Å². The van der Waals surface area contributed by atoms with E-state index in [1.807, 2.05) is 12.2 Å². The molecule has 14 heavy (non-hydrogen) atoms. The van der Waals surface area contributed by atoms with E-state index >= 15 is 0 Å². The van der Waals surface area contributed by atoms with Gasteiger partial charge in [-0.3, -0.25) is 0 Å². The van der Waals surface area contributed by atoms with Gasteiger partial charge in [-0.05, 0) is 19.1 Å². The zero-order valence-electron chi connectivity index (χ0n) is 7.93. The maximum atomic E-state index is 12.2. The molecule has 0 aliphatic rings. The maximum absolute atomic E-state index is 12.2. The van der Waals surface area contributed by atoms with Crippen LogP contribution >= 0.6 is 0 Å². The Balaban J connectivity index is 2.69. The Labute approximate surface area is 80.9 Å². The van der Waals surface area contributed by atoms with Gasteiger partial charge < -0.3 is 5.32 Å². The highest BCUT2D eigenvalue weighted by Crippen LogP contribution is 2.28. The van der Waals surface area contributed by atoms with Gasteiger partial charge in [-0.2, -0.15) is 13.2 Å². The molecule has 78 valence electrons. The highest BCUT2D eigenvalue weighted by atomic mass is 19.4. The number of hydrogen-bond acceptors (Lipinski definition) is 0. The second-order valence-electron chi connectivity index (χ2n) is 3.10. The summed E-state index contributed by atoms with van der Waals surface area (Å²) < 4.78 is 36.5. The van der Waals surface area contributed by atoms with Crippen molar-refractivity contribution in [1.29, 1.82) is 0 Å². The highest BCUT2D eigenvalue weighted by Gasteiger charge is 2.29. The molecule has 0 aliphatic heterocycles. The predicted octanol–water partition coefficient (Wildman–Crippen LogP) is 1.79. The summed E-state index contributed by atoms with van der Waals surface area (Å²) in [4.78, 5) is 0. The van der Waals surface area contributed by atoms with Gasteiger partial charge >= 0.3 is 6.18 Å². The second-order valence-corrected chi connectivity index (χ2v) is 3.10. The van der Waals surface area contributed by atoms with Crippen LogP contribution in [0.5, 0.6) is 0 Å². The zero-order valence-corrected chi connectivity index (χ0v) is 7.93. The van der Waals surface area contributed by atoms with Crippen molar-refractivity contribution in [2.24, 2.45) is 0 Å². The molecule has 0 bridgehead atoms. The van der Waals surface area contributed by atoms with Crippen LogP contribution in [0, 0.1) is 0 Å². The summed E-state index contributed by atoms with van der Waals surface area (Å²) in [6.45, 7) is 3.67. The molecule has 1 nitrogen and oxygen atoms in total. The molecule has 1 rings (SSSR count). The van der Waals surface area contributed by atoms with Crippen LogP contribution in [0.2, 0.25) is 0 Å². The van der Waals surface area contributed by atoms with Crippen molar-refractivity contribution in [1.82, 2.24) is 0 Å². The minimum absolute atomic E-state index is 0.585. The lowest BCUT2D eigenvalue weighted by Crippen LogP contribution is -2.81. The average molecular weight is 204 g/mol. The summed E-state index contributed by atoms with van der Waals surface area (Å²) in [6.07, 6.45) is -4.23. The van der Waals surface area contributed by atoms with Crippen molar-refractivity contribution in [2.75, 3.05) is 6.54 Å². The Bertz CT molecular complexity index is 276. The van der Waals surface area contributed by atoms with Gasteiger partial charge in [-0.1, -0.05) is 12.1 Å². The largest absolute Gasteiger partial charge is 0.416 e. The van der Waals surface area contributed by atoms with E-state index in [2.05, 4.69) is 0 Å². The first kappa shape index (κ1) is 11.0. The number of nitrogens with two attached hydrogens (primary N) is 1. The van der Waals surface area contributed by atoms with Crippen LogP contribution in [0.4, 0.5) is 13.2 Å². The number of quaternary nitrogens is 1. The van der Waals surface area contributed by atoms with Crippen molar-refractivity contribution < 1.29 is 18.5 Å². The van der Waals surface area contributed by atoms with Crippen LogP contribution in [0.15, 0.2) is 24.3 Å². The molecule has 0 unspecified atom stereocenters. The molecule has 2 N–H and O–H groups in total. The van der Waals surface area contributed by atoms with Gasteiger partial charge in [0.05, 0.1) is 12.1 Å². The molecule has 1 aromatic rings. The SMILES string of the molecule is CC[NH2+]Cc1ccc(C(F)(F)F)cc1. The minimum Gasteiger partial charge on any atom is -0.343 e. The van der Waals surface area contributed by atoms with Crippen molar-refractivity contribution >= 4 is 0 Å². The number of benzene rings is 1. The summed E-state index contributed by atoms with van der Waals surface area (Å²) in [7, 11) is 0. The van der Waals surface area contributed by atoms with E-state index in [0.717, 1.165) is 30.8 Å².